The van der Waals surface area contributed by atoms with Crippen LogP contribution in [0.4, 0.5) is 0 Å². The van der Waals surface area contributed by atoms with Gasteiger partial charge in [-0.2, -0.15) is 0 Å². The van der Waals surface area contributed by atoms with E-state index < -0.39 is 0 Å². The number of aromatic nitrogens is 1. The third kappa shape index (κ3) is 5.84. The second-order valence-corrected chi connectivity index (χ2v) is 7.46. The number of nitrogens with zero attached hydrogens (tertiary/aromatic N) is 1. The zero-order chi connectivity index (χ0) is 16.7. The molecule has 0 spiro atoms. The number of hydrogen-bond acceptors (Lipinski definition) is 5. The number of hydrogen-bond donors (Lipinski definition) is 2. The van der Waals surface area contributed by atoms with Crippen LogP contribution in [-0.4, -0.2) is 35.6 Å². The molecule has 0 atom stereocenters. The van der Waals surface area contributed by atoms with Gasteiger partial charge >= 0.3 is 0 Å². The SMILES string of the molecule is CC(C)C(=O)NCCNC(=O)CSCc1nc2ccccc2s1. The van der Waals surface area contributed by atoms with Crippen molar-refractivity contribution < 1.29 is 9.59 Å². The summed E-state index contributed by atoms with van der Waals surface area (Å²) in [6, 6.07) is 8.03. The number of amides is 2. The average Bonchev–Trinajstić information content (AvgIpc) is 2.93. The van der Waals surface area contributed by atoms with Crippen molar-refractivity contribution in [3.63, 3.8) is 0 Å². The summed E-state index contributed by atoms with van der Waals surface area (Å²) < 4.78 is 1.17. The highest BCUT2D eigenvalue weighted by Crippen LogP contribution is 2.24. The van der Waals surface area contributed by atoms with Crippen LogP contribution in [0.25, 0.3) is 10.2 Å². The molecule has 0 aliphatic carbocycles. The molecule has 0 aliphatic rings. The Morgan fingerprint density at radius 1 is 1.22 bits per heavy atom. The monoisotopic (exact) mass is 351 g/mol. The molecule has 7 heteroatoms. The molecule has 0 saturated carbocycles. The zero-order valence-electron chi connectivity index (χ0n) is 13.3. The van der Waals surface area contributed by atoms with Gasteiger partial charge in [-0.25, -0.2) is 4.98 Å². The van der Waals surface area contributed by atoms with Crippen LogP contribution in [0.2, 0.25) is 0 Å². The van der Waals surface area contributed by atoms with Gasteiger partial charge in [0.15, 0.2) is 0 Å². The first kappa shape index (κ1) is 17.7. The first-order valence-electron chi connectivity index (χ1n) is 7.53. The minimum atomic E-state index is -0.0323. The van der Waals surface area contributed by atoms with Crippen molar-refractivity contribution in [2.75, 3.05) is 18.8 Å². The first-order chi connectivity index (χ1) is 11.1. The minimum absolute atomic E-state index is 0.00413. The predicted molar refractivity (Wildman–Crippen MR) is 96.6 cm³/mol. The number of thioether (sulfide) groups is 1. The van der Waals surface area contributed by atoms with Gasteiger partial charge in [-0.15, -0.1) is 23.1 Å². The van der Waals surface area contributed by atoms with Crippen molar-refractivity contribution in [2.45, 2.75) is 19.6 Å². The number of rotatable bonds is 8. The third-order valence-corrected chi connectivity index (χ3v) is 5.23. The van der Waals surface area contributed by atoms with E-state index >= 15 is 0 Å². The van der Waals surface area contributed by atoms with Crippen molar-refractivity contribution in [3.05, 3.63) is 29.3 Å². The number of thiazole rings is 1. The van der Waals surface area contributed by atoms with Crippen molar-refractivity contribution in [1.29, 1.82) is 0 Å². The molecule has 2 amide bonds. The lowest BCUT2D eigenvalue weighted by Crippen LogP contribution is -2.36. The molecule has 1 aromatic heterocycles. The van der Waals surface area contributed by atoms with Gasteiger partial charge in [0, 0.05) is 24.8 Å². The van der Waals surface area contributed by atoms with Crippen molar-refractivity contribution in [2.24, 2.45) is 5.92 Å². The molecule has 0 saturated heterocycles. The van der Waals surface area contributed by atoms with E-state index in [1.807, 2.05) is 32.0 Å². The number of carbonyl (C=O) groups excluding carboxylic acids is 2. The Morgan fingerprint density at radius 2 is 1.96 bits per heavy atom. The van der Waals surface area contributed by atoms with Crippen LogP contribution in [-0.2, 0) is 15.3 Å². The van der Waals surface area contributed by atoms with E-state index in [0.717, 1.165) is 16.3 Å². The Labute approximate surface area is 144 Å². The van der Waals surface area contributed by atoms with E-state index in [4.69, 9.17) is 0 Å². The maximum absolute atomic E-state index is 11.7. The molecule has 1 aromatic carbocycles. The zero-order valence-corrected chi connectivity index (χ0v) is 14.9. The van der Waals surface area contributed by atoms with Crippen molar-refractivity contribution >= 4 is 45.1 Å². The number of benzene rings is 1. The lowest BCUT2D eigenvalue weighted by molar-refractivity contribution is -0.124. The summed E-state index contributed by atoms with van der Waals surface area (Å²) in [7, 11) is 0. The predicted octanol–water partition coefficient (Wildman–Crippen LogP) is 2.42. The maximum Gasteiger partial charge on any atom is 0.230 e. The minimum Gasteiger partial charge on any atom is -0.354 e. The fourth-order valence-corrected chi connectivity index (χ4v) is 3.73. The van der Waals surface area contributed by atoms with Gasteiger partial charge in [0.2, 0.25) is 11.8 Å². The number of nitrogens with one attached hydrogen (secondary N) is 2. The summed E-state index contributed by atoms with van der Waals surface area (Å²) >= 11 is 3.21. The van der Waals surface area contributed by atoms with Crippen LogP contribution in [0, 0.1) is 5.92 Å². The normalized spacial score (nSPS) is 10.9. The lowest BCUT2D eigenvalue weighted by atomic mass is 10.2. The van der Waals surface area contributed by atoms with Crippen LogP contribution < -0.4 is 10.6 Å². The van der Waals surface area contributed by atoms with Crippen molar-refractivity contribution in [3.8, 4) is 0 Å². The van der Waals surface area contributed by atoms with Gasteiger partial charge in [-0.3, -0.25) is 9.59 Å². The second kappa shape index (κ2) is 8.88. The molecule has 0 radical (unpaired) electrons. The first-order valence-corrected chi connectivity index (χ1v) is 9.50. The summed E-state index contributed by atoms with van der Waals surface area (Å²) in [4.78, 5) is 27.6. The maximum atomic E-state index is 11.7. The molecule has 0 fully saturated rings. The summed E-state index contributed by atoms with van der Waals surface area (Å²) in [6.07, 6.45) is 0. The topological polar surface area (TPSA) is 71.1 Å². The summed E-state index contributed by atoms with van der Waals surface area (Å²) in [5.41, 5.74) is 1.01. The largest absolute Gasteiger partial charge is 0.354 e. The molecule has 2 rings (SSSR count). The van der Waals surface area contributed by atoms with Crippen LogP contribution in [0.15, 0.2) is 24.3 Å². The molecule has 2 N–H and O–H groups in total. The van der Waals surface area contributed by atoms with Gasteiger partial charge in [0.1, 0.15) is 5.01 Å². The molecule has 2 aromatic rings. The van der Waals surface area contributed by atoms with Crippen LogP contribution in [0.5, 0.6) is 0 Å². The fourth-order valence-electron chi connectivity index (χ4n) is 1.86. The Morgan fingerprint density at radius 3 is 2.70 bits per heavy atom. The molecule has 5 nitrogen and oxygen atoms in total. The molecular formula is C16H21N3O2S2. The standard InChI is InChI=1S/C16H21N3O2S2/c1-11(2)16(21)18-8-7-17-14(20)9-22-10-15-19-12-5-3-4-6-13(12)23-15/h3-6,11H,7-10H2,1-2H3,(H,17,20)(H,18,21). The van der Waals surface area contributed by atoms with Crippen LogP contribution in [0.1, 0.15) is 18.9 Å². The van der Waals surface area contributed by atoms with E-state index in [1.165, 1.54) is 4.70 Å². The summed E-state index contributed by atoms with van der Waals surface area (Å²) in [5, 5.41) is 6.60. The number of para-hydroxylation sites is 1. The van der Waals surface area contributed by atoms with E-state index in [0.29, 0.717) is 18.8 Å². The van der Waals surface area contributed by atoms with Gasteiger partial charge in [0.25, 0.3) is 0 Å². The Kier molecular flexibility index (Phi) is 6.85. The molecule has 0 aliphatic heterocycles. The fraction of sp³-hybridized carbons (Fsp3) is 0.438. The number of carbonyl (C=O) groups is 2. The highest BCUT2D eigenvalue weighted by molar-refractivity contribution is 7.99. The second-order valence-electron chi connectivity index (χ2n) is 5.36. The van der Waals surface area contributed by atoms with Crippen LogP contribution in [0.3, 0.4) is 0 Å². The van der Waals surface area contributed by atoms with Gasteiger partial charge in [-0.05, 0) is 12.1 Å². The average molecular weight is 351 g/mol. The number of fused-ring (bicyclic) bond motifs is 1. The molecule has 23 heavy (non-hydrogen) atoms. The Hall–Kier alpha value is -1.60. The van der Waals surface area contributed by atoms with Crippen molar-refractivity contribution in [1.82, 2.24) is 15.6 Å². The van der Waals surface area contributed by atoms with Gasteiger partial charge < -0.3 is 10.6 Å². The molecule has 124 valence electrons. The van der Waals surface area contributed by atoms with E-state index in [9.17, 15) is 9.59 Å². The molecule has 1 heterocycles. The molecule has 0 bridgehead atoms. The molecule has 0 unspecified atom stereocenters. The van der Waals surface area contributed by atoms with Crippen LogP contribution >= 0.6 is 23.1 Å². The Bertz CT molecular complexity index is 637. The lowest BCUT2D eigenvalue weighted by Gasteiger charge is -2.08. The van der Waals surface area contributed by atoms with E-state index in [1.54, 1.807) is 23.1 Å². The van der Waals surface area contributed by atoms with E-state index in [2.05, 4.69) is 21.7 Å². The summed E-state index contributed by atoms with van der Waals surface area (Å²) in [6.45, 7) is 4.60. The summed E-state index contributed by atoms with van der Waals surface area (Å²) in [5.74, 6) is 1.08. The third-order valence-electron chi connectivity index (χ3n) is 3.07. The van der Waals surface area contributed by atoms with Gasteiger partial charge in [-0.1, -0.05) is 26.0 Å². The highest BCUT2D eigenvalue weighted by atomic mass is 32.2. The molecular weight excluding hydrogens is 330 g/mol. The highest BCUT2D eigenvalue weighted by Gasteiger charge is 2.07. The van der Waals surface area contributed by atoms with E-state index in [-0.39, 0.29) is 17.7 Å². The smallest absolute Gasteiger partial charge is 0.230 e. The van der Waals surface area contributed by atoms with Gasteiger partial charge in [0.05, 0.1) is 16.0 Å². The Balaban J connectivity index is 1.62. The quantitative estimate of drug-likeness (QED) is 0.717.